The summed E-state index contributed by atoms with van der Waals surface area (Å²) < 4.78 is 13.0. The number of nitrogens with zero attached hydrogens (tertiary/aromatic N) is 1. The van der Waals surface area contributed by atoms with Gasteiger partial charge in [0.1, 0.15) is 22.3 Å². The maximum absolute atomic E-state index is 6.65. The minimum Gasteiger partial charge on any atom is -0.456 e. The Morgan fingerprint density at radius 1 is 0.383 bits per heavy atom. The first kappa shape index (κ1) is 26.0. The molecule has 0 N–H and O–H groups in total. The van der Waals surface area contributed by atoms with E-state index in [1.165, 1.54) is 16.2 Å². The molecule has 0 aliphatic heterocycles. The highest BCUT2D eigenvalue weighted by Gasteiger charge is 2.23. The lowest BCUT2D eigenvalue weighted by molar-refractivity contribution is 0.669. The Bertz CT molecular complexity index is 2820. The molecule has 0 radical (unpaired) electrons. The topological polar surface area (TPSA) is 29.5 Å². The molecule has 0 unspecified atom stereocenters. The van der Waals surface area contributed by atoms with Crippen LogP contribution in [0.25, 0.3) is 76.5 Å². The van der Waals surface area contributed by atoms with E-state index in [-0.39, 0.29) is 0 Å². The van der Waals surface area contributed by atoms with Gasteiger partial charge in [0, 0.05) is 32.8 Å². The van der Waals surface area contributed by atoms with Crippen molar-refractivity contribution in [2.24, 2.45) is 0 Å². The first-order chi connectivity index (χ1) is 23.3. The van der Waals surface area contributed by atoms with Crippen LogP contribution in [0.1, 0.15) is 0 Å². The van der Waals surface area contributed by atoms with E-state index in [2.05, 4.69) is 157 Å². The first-order valence-electron chi connectivity index (χ1n) is 15.9. The maximum Gasteiger partial charge on any atom is 0.143 e. The fraction of sp³-hybridized carbons (Fsp3) is 0. The van der Waals surface area contributed by atoms with E-state index in [1.807, 2.05) is 12.1 Å². The average molecular weight is 602 g/mol. The Morgan fingerprint density at radius 2 is 1.06 bits per heavy atom. The van der Waals surface area contributed by atoms with Crippen molar-refractivity contribution < 1.29 is 8.83 Å². The van der Waals surface area contributed by atoms with Gasteiger partial charge in [-0.2, -0.15) is 0 Å². The molecule has 47 heavy (non-hydrogen) atoms. The Balaban J connectivity index is 1.26. The molecule has 0 fully saturated rings. The summed E-state index contributed by atoms with van der Waals surface area (Å²) in [6.45, 7) is 0. The third kappa shape index (κ3) is 4.00. The molecule has 2 heterocycles. The number of anilines is 3. The Hall–Kier alpha value is -6.32. The number of furan rings is 2. The van der Waals surface area contributed by atoms with Gasteiger partial charge in [0.05, 0.1) is 16.8 Å². The van der Waals surface area contributed by atoms with E-state index >= 15 is 0 Å². The normalized spacial score (nSPS) is 11.8. The molecule has 0 aliphatic rings. The van der Waals surface area contributed by atoms with Crippen LogP contribution in [-0.2, 0) is 0 Å². The third-order valence-electron chi connectivity index (χ3n) is 9.43. The van der Waals surface area contributed by atoms with Crippen molar-refractivity contribution in [2.75, 3.05) is 4.90 Å². The molecular formula is C44H27NO2. The van der Waals surface area contributed by atoms with Gasteiger partial charge in [0.25, 0.3) is 0 Å². The monoisotopic (exact) mass is 601 g/mol. The lowest BCUT2D eigenvalue weighted by Gasteiger charge is -2.28. The molecule has 0 bridgehead atoms. The molecule has 10 rings (SSSR count). The number of hydrogen-bond acceptors (Lipinski definition) is 3. The highest BCUT2D eigenvalue weighted by atomic mass is 16.3. The van der Waals surface area contributed by atoms with Crippen molar-refractivity contribution >= 4 is 82.5 Å². The van der Waals surface area contributed by atoms with Crippen LogP contribution < -0.4 is 4.90 Å². The van der Waals surface area contributed by atoms with Crippen molar-refractivity contribution in [1.82, 2.24) is 0 Å². The van der Waals surface area contributed by atoms with E-state index in [0.29, 0.717) is 0 Å². The van der Waals surface area contributed by atoms with E-state index < -0.39 is 0 Å². The molecule has 2 aromatic heterocycles. The van der Waals surface area contributed by atoms with Gasteiger partial charge in [-0.3, -0.25) is 0 Å². The quantitative estimate of drug-likeness (QED) is 0.201. The minimum absolute atomic E-state index is 0.862. The fourth-order valence-corrected chi connectivity index (χ4v) is 7.25. The fourth-order valence-electron chi connectivity index (χ4n) is 7.25. The zero-order valence-corrected chi connectivity index (χ0v) is 25.4. The second kappa shape index (κ2) is 10.1. The largest absolute Gasteiger partial charge is 0.456 e. The molecule has 3 heteroatoms. The SMILES string of the molecule is c1ccc(N(c2ccc3ccccc3c2)c2cccc3oc4c5ccccc5ccc4c23)c(-c2ccc3c(c2)oc2ccccc23)c1. The molecular weight excluding hydrogens is 574 g/mol. The van der Waals surface area contributed by atoms with Crippen LogP contribution in [0.15, 0.2) is 173 Å². The van der Waals surface area contributed by atoms with Crippen LogP contribution in [0.2, 0.25) is 0 Å². The zero-order chi connectivity index (χ0) is 30.9. The number of fused-ring (bicyclic) bond motifs is 9. The van der Waals surface area contributed by atoms with Crippen LogP contribution in [0.3, 0.4) is 0 Å². The summed E-state index contributed by atoms with van der Waals surface area (Å²) in [5.74, 6) is 0. The highest BCUT2D eigenvalue weighted by Crippen LogP contribution is 2.47. The second-order valence-electron chi connectivity index (χ2n) is 12.1. The van der Waals surface area contributed by atoms with Gasteiger partial charge in [-0.05, 0) is 76.3 Å². The molecule has 0 amide bonds. The molecule has 10 aromatic rings. The Morgan fingerprint density at radius 3 is 2.00 bits per heavy atom. The van der Waals surface area contributed by atoms with Crippen LogP contribution in [0.4, 0.5) is 17.1 Å². The van der Waals surface area contributed by atoms with Crippen LogP contribution in [0.5, 0.6) is 0 Å². The van der Waals surface area contributed by atoms with Crippen LogP contribution in [0, 0.1) is 0 Å². The average Bonchev–Trinajstić information content (AvgIpc) is 3.71. The van der Waals surface area contributed by atoms with Gasteiger partial charge in [0.2, 0.25) is 0 Å². The van der Waals surface area contributed by atoms with Gasteiger partial charge < -0.3 is 13.7 Å². The zero-order valence-electron chi connectivity index (χ0n) is 25.4. The number of hydrogen-bond donors (Lipinski definition) is 0. The van der Waals surface area contributed by atoms with E-state index in [4.69, 9.17) is 8.83 Å². The molecule has 3 nitrogen and oxygen atoms in total. The smallest absolute Gasteiger partial charge is 0.143 e. The molecule has 0 saturated heterocycles. The molecule has 0 aliphatic carbocycles. The molecule has 8 aromatic carbocycles. The summed E-state index contributed by atoms with van der Waals surface area (Å²) in [5, 5.41) is 9.11. The first-order valence-corrected chi connectivity index (χ1v) is 15.9. The van der Waals surface area contributed by atoms with Crippen molar-refractivity contribution in [1.29, 1.82) is 0 Å². The summed E-state index contributed by atoms with van der Waals surface area (Å²) in [6, 6.07) is 57.9. The summed E-state index contributed by atoms with van der Waals surface area (Å²) in [5.41, 5.74) is 8.95. The van der Waals surface area contributed by atoms with Gasteiger partial charge in [-0.1, -0.05) is 109 Å². The van der Waals surface area contributed by atoms with Gasteiger partial charge in [0.15, 0.2) is 0 Å². The molecule has 220 valence electrons. The van der Waals surface area contributed by atoms with Gasteiger partial charge >= 0.3 is 0 Å². The third-order valence-corrected chi connectivity index (χ3v) is 9.43. The second-order valence-corrected chi connectivity index (χ2v) is 12.1. The molecule has 0 spiro atoms. The Kier molecular flexibility index (Phi) is 5.57. The number of para-hydroxylation sites is 2. The van der Waals surface area contributed by atoms with Crippen molar-refractivity contribution in [3.8, 4) is 11.1 Å². The van der Waals surface area contributed by atoms with E-state index in [1.54, 1.807) is 0 Å². The highest BCUT2D eigenvalue weighted by molar-refractivity contribution is 6.20. The number of rotatable bonds is 4. The predicted molar refractivity (Wildman–Crippen MR) is 196 cm³/mol. The Labute approximate surface area is 270 Å². The lowest BCUT2D eigenvalue weighted by atomic mass is 9.99. The lowest BCUT2D eigenvalue weighted by Crippen LogP contribution is -2.11. The summed E-state index contributed by atoms with van der Waals surface area (Å²) in [7, 11) is 0. The van der Waals surface area contributed by atoms with Gasteiger partial charge in [-0.15, -0.1) is 0 Å². The maximum atomic E-state index is 6.65. The molecule has 0 saturated carbocycles. The minimum atomic E-state index is 0.862. The van der Waals surface area contributed by atoms with Crippen molar-refractivity contribution in [3.05, 3.63) is 164 Å². The summed E-state index contributed by atoms with van der Waals surface area (Å²) >= 11 is 0. The van der Waals surface area contributed by atoms with Crippen LogP contribution in [-0.4, -0.2) is 0 Å². The number of benzene rings is 8. The van der Waals surface area contributed by atoms with E-state index in [0.717, 1.165) is 77.5 Å². The predicted octanol–water partition coefficient (Wildman–Crippen LogP) is 12.9. The molecule has 0 atom stereocenters. The van der Waals surface area contributed by atoms with Crippen molar-refractivity contribution in [2.45, 2.75) is 0 Å². The van der Waals surface area contributed by atoms with E-state index in [9.17, 15) is 0 Å². The van der Waals surface area contributed by atoms with Crippen molar-refractivity contribution in [3.63, 3.8) is 0 Å². The van der Waals surface area contributed by atoms with Gasteiger partial charge in [-0.25, -0.2) is 0 Å². The summed E-state index contributed by atoms with van der Waals surface area (Å²) in [4.78, 5) is 2.39. The summed E-state index contributed by atoms with van der Waals surface area (Å²) in [6.07, 6.45) is 0. The van der Waals surface area contributed by atoms with Crippen LogP contribution >= 0.6 is 0 Å². The standard InChI is InChI=1S/C44H27NO2/c1-2-12-30-26-32(23-20-28(30)10-1)45(39-17-9-19-41-43(39)37-25-21-29-11-3-4-14-34(29)44(37)47-41)38-16-7-5-13-33(38)31-22-24-36-35-15-6-8-18-40(35)46-42(36)27-31/h1-27H.